The number of hydrogen-bond acceptors (Lipinski definition) is 5. The number of amides is 1. The van der Waals surface area contributed by atoms with Gasteiger partial charge in [-0.2, -0.15) is 13.2 Å². The Labute approximate surface area is 151 Å². The summed E-state index contributed by atoms with van der Waals surface area (Å²) >= 11 is 0. The van der Waals surface area contributed by atoms with E-state index < -0.39 is 17.6 Å². The number of imidazole rings is 1. The number of methoxy groups -OCH3 is 1. The Bertz CT molecular complexity index is 981. The Morgan fingerprint density at radius 3 is 2.81 bits per heavy atom. The fraction of sp³-hybridized carbons (Fsp3) is 0.353. The number of carbonyl (C=O) groups is 1. The zero-order valence-electron chi connectivity index (χ0n) is 14.2. The first-order valence-electron chi connectivity index (χ1n) is 8.17. The quantitative estimate of drug-likeness (QED) is 0.699. The molecule has 0 spiro atoms. The monoisotopic (exact) mass is 380 g/mol. The molecule has 0 bridgehead atoms. The molecule has 1 atom stereocenters. The minimum Gasteiger partial charge on any atom is -0.443 e. The smallest absolute Gasteiger partial charge is 0.417 e. The highest BCUT2D eigenvalue weighted by atomic mass is 19.4. The van der Waals surface area contributed by atoms with Gasteiger partial charge >= 0.3 is 6.18 Å². The maximum absolute atomic E-state index is 13.4. The Balaban J connectivity index is 1.84. The van der Waals surface area contributed by atoms with Gasteiger partial charge in [-0.3, -0.25) is 9.20 Å². The molecule has 1 saturated heterocycles. The third-order valence-electron chi connectivity index (χ3n) is 4.62. The first kappa shape index (κ1) is 17.5. The summed E-state index contributed by atoms with van der Waals surface area (Å²) in [5.41, 5.74) is -0.568. The summed E-state index contributed by atoms with van der Waals surface area (Å²) in [6.45, 7) is 0.856. The standard InChI is InChI=1S/C17H15F3N4O3/c1-26-11-2-3-23(8-11)16(25)13-5-22-15-12(14-6-21-9-27-14)4-10(7-24(13)15)17(18,19)20/h4-7,9,11H,2-3,8H2,1H3. The van der Waals surface area contributed by atoms with Gasteiger partial charge in [-0.25, -0.2) is 9.97 Å². The van der Waals surface area contributed by atoms with E-state index in [1.165, 1.54) is 12.4 Å². The predicted molar refractivity (Wildman–Crippen MR) is 87.0 cm³/mol. The lowest BCUT2D eigenvalue weighted by Crippen LogP contribution is -2.30. The highest BCUT2D eigenvalue weighted by Crippen LogP contribution is 2.34. The van der Waals surface area contributed by atoms with Crippen molar-refractivity contribution in [2.75, 3.05) is 20.2 Å². The van der Waals surface area contributed by atoms with Gasteiger partial charge in [-0.15, -0.1) is 0 Å². The third-order valence-corrected chi connectivity index (χ3v) is 4.62. The van der Waals surface area contributed by atoms with Gasteiger partial charge in [-0.1, -0.05) is 0 Å². The Morgan fingerprint density at radius 1 is 1.37 bits per heavy atom. The van der Waals surface area contributed by atoms with E-state index in [1.807, 2.05) is 0 Å². The fourth-order valence-electron chi connectivity index (χ4n) is 3.20. The van der Waals surface area contributed by atoms with Crippen molar-refractivity contribution in [2.45, 2.75) is 18.7 Å². The second-order valence-electron chi connectivity index (χ2n) is 6.24. The van der Waals surface area contributed by atoms with Gasteiger partial charge in [0.2, 0.25) is 0 Å². The van der Waals surface area contributed by atoms with Crippen LogP contribution in [0.25, 0.3) is 17.0 Å². The normalized spacial score (nSPS) is 17.8. The van der Waals surface area contributed by atoms with Gasteiger partial charge in [0.15, 0.2) is 12.2 Å². The summed E-state index contributed by atoms with van der Waals surface area (Å²) in [6, 6.07) is 0.938. The van der Waals surface area contributed by atoms with Crippen molar-refractivity contribution in [3.8, 4) is 11.3 Å². The van der Waals surface area contributed by atoms with Gasteiger partial charge < -0.3 is 14.1 Å². The molecular formula is C17H15F3N4O3. The van der Waals surface area contributed by atoms with Gasteiger partial charge in [0.05, 0.1) is 29.6 Å². The number of pyridine rings is 1. The number of ether oxygens (including phenoxy) is 1. The zero-order chi connectivity index (χ0) is 19.2. The number of halogens is 3. The van der Waals surface area contributed by atoms with Crippen molar-refractivity contribution in [1.82, 2.24) is 19.3 Å². The number of fused-ring (bicyclic) bond motifs is 1. The van der Waals surface area contributed by atoms with E-state index in [-0.39, 0.29) is 28.8 Å². The van der Waals surface area contributed by atoms with Gasteiger partial charge in [-0.05, 0) is 12.5 Å². The van der Waals surface area contributed by atoms with Crippen molar-refractivity contribution in [2.24, 2.45) is 0 Å². The molecule has 0 N–H and O–H groups in total. The summed E-state index contributed by atoms with van der Waals surface area (Å²) < 4.78 is 51.7. The van der Waals surface area contributed by atoms with Crippen molar-refractivity contribution >= 4 is 11.6 Å². The summed E-state index contributed by atoms with van der Waals surface area (Å²) in [7, 11) is 1.56. The molecular weight excluding hydrogens is 365 g/mol. The van der Waals surface area contributed by atoms with Crippen LogP contribution in [0.2, 0.25) is 0 Å². The van der Waals surface area contributed by atoms with Crippen LogP contribution in [-0.2, 0) is 10.9 Å². The molecule has 1 amide bonds. The van der Waals surface area contributed by atoms with Crippen LogP contribution in [0, 0.1) is 0 Å². The largest absolute Gasteiger partial charge is 0.443 e. The van der Waals surface area contributed by atoms with E-state index in [1.54, 1.807) is 12.0 Å². The molecule has 3 aromatic heterocycles. The van der Waals surface area contributed by atoms with E-state index in [9.17, 15) is 18.0 Å². The number of rotatable bonds is 3. The molecule has 7 nitrogen and oxygen atoms in total. The maximum Gasteiger partial charge on any atom is 0.417 e. The van der Waals surface area contributed by atoms with Crippen molar-refractivity contribution in [3.05, 3.63) is 42.3 Å². The molecule has 142 valence electrons. The zero-order valence-corrected chi connectivity index (χ0v) is 14.2. The van der Waals surface area contributed by atoms with Crippen molar-refractivity contribution in [1.29, 1.82) is 0 Å². The maximum atomic E-state index is 13.4. The number of likely N-dealkylation sites (tertiary alicyclic amines) is 1. The lowest BCUT2D eigenvalue weighted by molar-refractivity contribution is -0.137. The number of alkyl halides is 3. The molecule has 1 fully saturated rings. The van der Waals surface area contributed by atoms with Crippen LogP contribution in [0.15, 0.2) is 35.5 Å². The average Bonchev–Trinajstić information content (AvgIpc) is 3.39. The molecule has 3 aromatic rings. The van der Waals surface area contributed by atoms with E-state index in [2.05, 4.69) is 9.97 Å². The van der Waals surface area contributed by atoms with E-state index in [0.717, 1.165) is 23.1 Å². The Hall–Kier alpha value is -2.88. The molecule has 1 aliphatic rings. The highest BCUT2D eigenvalue weighted by Gasteiger charge is 2.34. The molecule has 0 aromatic carbocycles. The third kappa shape index (κ3) is 3.05. The lowest BCUT2D eigenvalue weighted by atomic mass is 10.1. The van der Waals surface area contributed by atoms with E-state index in [0.29, 0.717) is 19.5 Å². The Morgan fingerprint density at radius 2 is 2.19 bits per heavy atom. The molecule has 27 heavy (non-hydrogen) atoms. The molecule has 0 saturated carbocycles. The number of aromatic nitrogens is 3. The van der Waals surface area contributed by atoms with Crippen LogP contribution in [0.3, 0.4) is 0 Å². The highest BCUT2D eigenvalue weighted by molar-refractivity contribution is 5.94. The minimum atomic E-state index is -4.59. The van der Waals surface area contributed by atoms with E-state index >= 15 is 0 Å². The van der Waals surface area contributed by atoms with Crippen molar-refractivity contribution in [3.63, 3.8) is 0 Å². The molecule has 0 radical (unpaired) electrons. The average molecular weight is 380 g/mol. The van der Waals surface area contributed by atoms with Crippen LogP contribution in [0.4, 0.5) is 13.2 Å². The van der Waals surface area contributed by atoms with Gasteiger partial charge in [0.1, 0.15) is 11.3 Å². The van der Waals surface area contributed by atoms with Gasteiger partial charge in [0, 0.05) is 26.4 Å². The van der Waals surface area contributed by atoms with E-state index in [4.69, 9.17) is 9.15 Å². The van der Waals surface area contributed by atoms with Crippen LogP contribution >= 0.6 is 0 Å². The van der Waals surface area contributed by atoms with Crippen molar-refractivity contribution < 1.29 is 27.1 Å². The molecule has 1 unspecified atom stereocenters. The molecule has 0 aliphatic carbocycles. The fourth-order valence-corrected chi connectivity index (χ4v) is 3.20. The minimum absolute atomic E-state index is 0.0496. The topological polar surface area (TPSA) is 72.9 Å². The second-order valence-corrected chi connectivity index (χ2v) is 6.24. The summed E-state index contributed by atoms with van der Waals surface area (Å²) in [4.78, 5) is 22.3. The SMILES string of the molecule is COC1CCN(C(=O)c2cnc3c(-c4cnco4)cc(C(F)(F)F)cn23)C1. The Kier molecular flexibility index (Phi) is 4.14. The number of carbonyl (C=O) groups excluding carboxylic acids is 1. The number of oxazole rings is 1. The number of hydrogen-bond donors (Lipinski definition) is 0. The summed E-state index contributed by atoms with van der Waals surface area (Å²) in [5.74, 6) is -0.263. The summed E-state index contributed by atoms with van der Waals surface area (Å²) in [5, 5.41) is 0. The first-order valence-corrected chi connectivity index (χ1v) is 8.17. The van der Waals surface area contributed by atoms with Gasteiger partial charge in [0.25, 0.3) is 5.91 Å². The predicted octanol–water partition coefficient (Wildman–Crippen LogP) is 2.87. The van der Waals surface area contributed by atoms with Crippen LogP contribution < -0.4 is 0 Å². The summed E-state index contributed by atoms with van der Waals surface area (Å²) in [6.07, 6.45) is 0.574. The first-order chi connectivity index (χ1) is 12.9. The lowest BCUT2D eigenvalue weighted by Gasteiger charge is -2.16. The second kappa shape index (κ2) is 6.38. The molecule has 4 rings (SSSR count). The molecule has 10 heteroatoms. The van der Waals surface area contributed by atoms with Crippen LogP contribution in [0.1, 0.15) is 22.5 Å². The van der Waals surface area contributed by atoms with Crippen LogP contribution in [-0.4, -0.2) is 51.5 Å². The molecule has 1 aliphatic heterocycles. The number of nitrogens with zero attached hydrogens (tertiary/aromatic N) is 4. The molecule has 4 heterocycles. The van der Waals surface area contributed by atoms with Crippen LogP contribution in [0.5, 0.6) is 0 Å².